The molecular weight excluding hydrogens is 434 g/mol. The van der Waals surface area contributed by atoms with Gasteiger partial charge in [-0.2, -0.15) is 0 Å². The first-order valence-electron chi connectivity index (χ1n) is 11.3. The molecule has 3 unspecified atom stereocenters. The van der Waals surface area contributed by atoms with Gasteiger partial charge in [0, 0.05) is 22.6 Å². The van der Waals surface area contributed by atoms with Crippen LogP contribution in [0.3, 0.4) is 0 Å². The molecule has 178 valence electrons. The van der Waals surface area contributed by atoms with E-state index in [9.17, 15) is 9.59 Å². The molecule has 7 heteroatoms. The van der Waals surface area contributed by atoms with Gasteiger partial charge in [0.2, 0.25) is 0 Å². The lowest BCUT2D eigenvalue weighted by atomic mass is 9.84. The first-order chi connectivity index (χ1) is 16.5. The minimum absolute atomic E-state index is 0.192. The summed E-state index contributed by atoms with van der Waals surface area (Å²) in [6.45, 7) is 3.92. The van der Waals surface area contributed by atoms with Crippen LogP contribution in [0.15, 0.2) is 59.0 Å². The van der Waals surface area contributed by atoms with E-state index in [2.05, 4.69) is 5.32 Å². The van der Waals surface area contributed by atoms with Gasteiger partial charge in [-0.25, -0.2) is 0 Å². The minimum atomic E-state index is -0.601. The Labute approximate surface area is 198 Å². The predicted octanol–water partition coefficient (Wildman–Crippen LogP) is 4.78. The van der Waals surface area contributed by atoms with Crippen molar-refractivity contribution in [3.05, 3.63) is 71.5 Å². The SMILES string of the molecule is CCOC(=O)C(c1cc(OC)ccc1OC)C1C=CC(NC(=O)c2oc3ccccc3c2C)C1. The number of methoxy groups -OCH3 is 2. The molecule has 34 heavy (non-hydrogen) atoms. The third-order valence-electron chi connectivity index (χ3n) is 6.22. The van der Waals surface area contributed by atoms with Crippen LogP contribution >= 0.6 is 0 Å². The fraction of sp³-hybridized carbons (Fsp3) is 0.333. The largest absolute Gasteiger partial charge is 0.497 e. The van der Waals surface area contributed by atoms with E-state index in [1.807, 2.05) is 43.3 Å². The van der Waals surface area contributed by atoms with Crippen LogP contribution in [0.1, 0.15) is 40.9 Å². The molecule has 0 saturated heterocycles. The average molecular weight is 464 g/mol. The second-order valence-corrected chi connectivity index (χ2v) is 8.25. The van der Waals surface area contributed by atoms with E-state index in [1.54, 1.807) is 39.3 Å². The number of carbonyl (C=O) groups excluding carboxylic acids is 2. The molecule has 0 spiro atoms. The minimum Gasteiger partial charge on any atom is -0.497 e. The van der Waals surface area contributed by atoms with Crippen molar-refractivity contribution in [2.24, 2.45) is 5.92 Å². The molecule has 3 aromatic rings. The third-order valence-corrected chi connectivity index (χ3v) is 6.22. The highest BCUT2D eigenvalue weighted by Crippen LogP contribution is 2.40. The average Bonchev–Trinajstić information content (AvgIpc) is 3.43. The van der Waals surface area contributed by atoms with Crippen LogP contribution < -0.4 is 14.8 Å². The maximum Gasteiger partial charge on any atom is 0.314 e. The number of fused-ring (bicyclic) bond motifs is 1. The molecule has 1 aromatic heterocycles. The first kappa shape index (κ1) is 23.4. The van der Waals surface area contributed by atoms with Crippen molar-refractivity contribution in [3.63, 3.8) is 0 Å². The van der Waals surface area contributed by atoms with Crippen molar-refractivity contribution in [1.29, 1.82) is 0 Å². The number of amides is 1. The number of allylic oxidation sites excluding steroid dienone is 1. The van der Waals surface area contributed by atoms with E-state index in [-0.39, 0.29) is 30.4 Å². The molecule has 0 bridgehead atoms. The van der Waals surface area contributed by atoms with Crippen LogP contribution in [0.25, 0.3) is 11.0 Å². The van der Waals surface area contributed by atoms with E-state index in [0.29, 0.717) is 34.8 Å². The number of esters is 1. The Morgan fingerprint density at radius 3 is 2.62 bits per heavy atom. The lowest BCUT2D eigenvalue weighted by molar-refractivity contribution is -0.146. The number of benzene rings is 2. The maximum atomic E-state index is 13.0. The highest BCUT2D eigenvalue weighted by molar-refractivity contribution is 5.99. The number of aryl methyl sites for hydroxylation is 1. The van der Waals surface area contributed by atoms with E-state index >= 15 is 0 Å². The monoisotopic (exact) mass is 463 g/mol. The summed E-state index contributed by atoms with van der Waals surface area (Å²) in [5, 5.41) is 3.94. The molecular formula is C27H29NO6. The summed E-state index contributed by atoms with van der Waals surface area (Å²) < 4.78 is 22.1. The number of hydrogen-bond acceptors (Lipinski definition) is 6. The molecule has 0 radical (unpaired) electrons. The number of nitrogens with one attached hydrogen (secondary N) is 1. The first-order valence-corrected chi connectivity index (χ1v) is 11.3. The molecule has 2 aromatic carbocycles. The van der Waals surface area contributed by atoms with Crippen LogP contribution in [0.4, 0.5) is 0 Å². The zero-order valence-corrected chi connectivity index (χ0v) is 19.8. The number of hydrogen-bond donors (Lipinski definition) is 1. The smallest absolute Gasteiger partial charge is 0.314 e. The number of furan rings is 1. The van der Waals surface area contributed by atoms with Crippen LogP contribution in [0, 0.1) is 12.8 Å². The van der Waals surface area contributed by atoms with Crippen molar-refractivity contribution in [2.75, 3.05) is 20.8 Å². The van der Waals surface area contributed by atoms with E-state index in [4.69, 9.17) is 18.6 Å². The van der Waals surface area contributed by atoms with E-state index in [0.717, 1.165) is 10.9 Å². The molecule has 3 atom stereocenters. The van der Waals surface area contributed by atoms with Gasteiger partial charge in [0.05, 0.1) is 26.7 Å². The van der Waals surface area contributed by atoms with Gasteiger partial charge >= 0.3 is 5.97 Å². The highest BCUT2D eigenvalue weighted by atomic mass is 16.5. The normalized spacial score (nSPS) is 18.0. The van der Waals surface area contributed by atoms with Gasteiger partial charge in [0.15, 0.2) is 5.76 Å². The molecule has 1 N–H and O–H groups in total. The summed E-state index contributed by atoms with van der Waals surface area (Å²) in [7, 11) is 3.14. The Balaban J connectivity index is 1.55. The second-order valence-electron chi connectivity index (χ2n) is 8.25. The van der Waals surface area contributed by atoms with Crippen LogP contribution in [0.5, 0.6) is 11.5 Å². The molecule has 1 amide bonds. The van der Waals surface area contributed by atoms with Crippen LogP contribution in [-0.2, 0) is 9.53 Å². The molecule has 1 aliphatic carbocycles. The Morgan fingerprint density at radius 2 is 1.91 bits per heavy atom. The van der Waals surface area contributed by atoms with E-state index < -0.39 is 5.92 Å². The summed E-state index contributed by atoms with van der Waals surface area (Å²) in [5.41, 5.74) is 2.17. The summed E-state index contributed by atoms with van der Waals surface area (Å²) >= 11 is 0. The molecule has 4 rings (SSSR count). The van der Waals surface area contributed by atoms with Crippen molar-refractivity contribution in [3.8, 4) is 11.5 Å². The number of rotatable bonds is 8. The Bertz CT molecular complexity index is 1230. The quantitative estimate of drug-likeness (QED) is 0.382. The zero-order chi connectivity index (χ0) is 24.2. The fourth-order valence-corrected chi connectivity index (χ4v) is 4.55. The van der Waals surface area contributed by atoms with E-state index in [1.165, 1.54) is 0 Å². The number of ether oxygens (including phenoxy) is 3. The van der Waals surface area contributed by atoms with Crippen LogP contribution in [0.2, 0.25) is 0 Å². The zero-order valence-electron chi connectivity index (χ0n) is 19.8. The summed E-state index contributed by atoms with van der Waals surface area (Å²) in [4.78, 5) is 26.0. The van der Waals surface area contributed by atoms with Gasteiger partial charge in [-0.1, -0.05) is 30.4 Å². The molecule has 7 nitrogen and oxygen atoms in total. The molecule has 0 aliphatic heterocycles. The summed E-state index contributed by atoms with van der Waals surface area (Å²) in [5.74, 6) is 0.0852. The second kappa shape index (κ2) is 10.0. The number of para-hydroxylation sites is 1. The van der Waals surface area contributed by atoms with Gasteiger partial charge in [-0.05, 0) is 50.5 Å². The molecule has 1 heterocycles. The van der Waals surface area contributed by atoms with Crippen LogP contribution in [-0.4, -0.2) is 38.7 Å². The Morgan fingerprint density at radius 1 is 1.12 bits per heavy atom. The van der Waals surface area contributed by atoms with Crippen molar-refractivity contribution in [1.82, 2.24) is 5.32 Å². The van der Waals surface area contributed by atoms with Crippen molar-refractivity contribution >= 4 is 22.8 Å². The summed E-state index contributed by atoms with van der Waals surface area (Å²) in [6.07, 6.45) is 4.41. The van der Waals surface area contributed by atoms with Crippen molar-refractivity contribution in [2.45, 2.75) is 32.2 Å². The lowest BCUT2D eigenvalue weighted by Gasteiger charge is -2.24. The number of carbonyl (C=O) groups is 2. The van der Waals surface area contributed by atoms with Gasteiger partial charge in [0.25, 0.3) is 5.91 Å². The molecule has 0 fully saturated rings. The van der Waals surface area contributed by atoms with Gasteiger partial charge in [-0.15, -0.1) is 0 Å². The summed E-state index contributed by atoms with van der Waals surface area (Å²) in [6, 6.07) is 12.7. The topological polar surface area (TPSA) is 87.0 Å². The standard InChI is InChI=1S/C27H29NO6/c1-5-33-27(30)24(21-15-19(31-3)12-13-22(21)32-4)17-10-11-18(14-17)28-26(29)25-16(2)20-8-6-7-9-23(20)34-25/h6-13,15,17-18,24H,5,14H2,1-4H3,(H,28,29). The Hall–Kier alpha value is -3.74. The fourth-order valence-electron chi connectivity index (χ4n) is 4.55. The van der Waals surface area contributed by atoms with Gasteiger partial charge < -0.3 is 23.9 Å². The molecule has 1 aliphatic rings. The third kappa shape index (κ3) is 4.51. The Kier molecular flexibility index (Phi) is 6.91. The molecule has 0 saturated carbocycles. The van der Waals surface area contributed by atoms with Gasteiger partial charge in [0.1, 0.15) is 17.1 Å². The van der Waals surface area contributed by atoms with Gasteiger partial charge in [-0.3, -0.25) is 9.59 Å². The predicted molar refractivity (Wildman–Crippen MR) is 128 cm³/mol. The van der Waals surface area contributed by atoms with Crippen molar-refractivity contribution < 1.29 is 28.2 Å². The lowest BCUT2D eigenvalue weighted by Crippen LogP contribution is -2.34. The highest BCUT2D eigenvalue weighted by Gasteiger charge is 2.36. The maximum absolute atomic E-state index is 13.0.